The van der Waals surface area contributed by atoms with Crippen LogP contribution in [0.25, 0.3) is 10.9 Å². The van der Waals surface area contributed by atoms with Crippen LogP contribution < -0.4 is 4.90 Å². The predicted octanol–water partition coefficient (Wildman–Crippen LogP) is 3.84. The van der Waals surface area contributed by atoms with Gasteiger partial charge in [0.05, 0.1) is 5.56 Å². The zero-order chi connectivity index (χ0) is 21.5. The first-order valence-corrected chi connectivity index (χ1v) is 9.57. The predicted molar refractivity (Wildman–Crippen MR) is 106 cm³/mol. The molecule has 0 unspecified atom stereocenters. The van der Waals surface area contributed by atoms with E-state index in [0.717, 1.165) is 28.7 Å². The Bertz CT molecular complexity index is 1050. The Morgan fingerprint density at radius 2 is 1.90 bits per heavy atom. The Morgan fingerprint density at radius 3 is 2.50 bits per heavy atom. The first kappa shape index (κ1) is 20.2. The quantitative estimate of drug-likeness (QED) is 0.674. The van der Waals surface area contributed by atoms with Crippen LogP contribution in [0.1, 0.15) is 22.7 Å². The number of aromatic amines is 1. The fourth-order valence-electron chi connectivity index (χ4n) is 3.92. The van der Waals surface area contributed by atoms with Crippen molar-refractivity contribution in [2.24, 2.45) is 0 Å². The van der Waals surface area contributed by atoms with Gasteiger partial charge in [0.25, 0.3) is 0 Å². The van der Waals surface area contributed by atoms with E-state index in [4.69, 9.17) is 0 Å². The lowest BCUT2D eigenvalue weighted by Crippen LogP contribution is -2.49. The summed E-state index contributed by atoms with van der Waals surface area (Å²) in [6.45, 7) is 3.82. The molecule has 0 radical (unpaired) electrons. The summed E-state index contributed by atoms with van der Waals surface area (Å²) in [7, 11) is 0. The van der Waals surface area contributed by atoms with Crippen LogP contribution in [0, 0.1) is 6.92 Å². The molecule has 0 saturated carbocycles. The number of nitrogens with one attached hydrogen (secondary N) is 1. The van der Waals surface area contributed by atoms with Crippen molar-refractivity contribution in [3.63, 3.8) is 0 Å². The highest BCUT2D eigenvalue weighted by molar-refractivity contribution is 5.89. The molecule has 3 aromatic rings. The van der Waals surface area contributed by atoms with E-state index in [0.29, 0.717) is 37.6 Å². The van der Waals surface area contributed by atoms with Crippen LogP contribution in [-0.4, -0.2) is 52.1 Å². The molecule has 2 aromatic heterocycles. The number of carboxylic acids is 1. The number of aryl methyl sites for hydroxylation is 1. The van der Waals surface area contributed by atoms with Crippen molar-refractivity contribution in [1.29, 1.82) is 0 Å². The van der Waals surface area contributed by atoms with Crippen LogP contribution >= 0.6 is 0 Å². The smallest absolute Gasteiger partial charge is 0.417 e. The first-order valence-electron chi connectivity index (χ1n) is 9.57. The van der Waals surface area contributed by atoms with E-state index in [1.165, 1.54) is 6.07 Å². The number of carbonyl (C=O) groups is 1. The summed E-state index contributed by atoms with van der Waals surface area (Å²) in [6.07, 6.45) is -1.85. The molecule has 2 N–H and O–H groups in total. The molecule has 9 heteroatoms. The Hall–Kier alpha value is -3.07. The molecule has 0 amide bonds. The summed E-state index contributed by atoms with van der Waals surface area (Å²) in [4.78, 5) is 23.0. The van der Waals surface area contributed by atoms with Gasteiger partial charge < -0.3 is 15.0 Å². The van der Waals surface area contributed by atoms with Crippen LogP contribution in [0.4, 0.5) is 19.0 Å². The van der Waals surface area contributed by atoms with Crippen LogP contribution in [-0.2, 0) is 11.0 Å². The minimum atomic E-state index is -4.42. The highest BCUT2D eigenvalue weighted by Gasteiger charge is 2.33. The second kappa shape index (κ2) is 7.64. The van der Waals surface area contributed by atoms with Crippen LogP contribution in [0.2, 0.25) is 0 Å². The standard InChI is InChI=1S/C21H21F3N4O2/c1-13-2-4-17-15(10-13)16(12-25-17)19(20(29)30)28-8-6-27(7-9-28)18-5-3-14(11-26-18)21(22,23)24/h2-5,10-12,19,25H,6-9H2,1H3,(H,29,30)/t19-/m0/s1. The lowest BCUT2D eigenvalue weighted by Gasteiger charge is -2.38. The number of hydrogen-bond donors (Lipinski definition) is 2. The van der Waals surface area contributed by atoms with Crippen LogP contribution in [0.5, 0.6) is 0 Å². The van der Waals surface area contributed by atoms with Crippen molar-refractivity contribution >= 4 is 22.7 Å². The average molecular weight is 418 g/mol. The summed E-state index contributed by atoms with van der Waals surface area (Å²) in [5, 5.41) is 10.8. The number of H-pyrrole nitrogens is 1. The lowest BCUT2D eigenvalue weighted by molar-refractivity contribution is -0.143. The number of piperazine rings is 1. The summed E-state index contributed by atoms with van der Waals surface area (Å²) >= 11 is 0. The van der Waals surface area contributed by atoms with Gasteiger partial charge in [-0.3, -0.25) is 9.69 Å². The minimum Gasteiger partial charge on any atom is -0.480 e. The van der Waals surface area contributed by atoms with E-state index < -0.39 is 23.8 Å². The average Bonchev–Trinajstić information content (AvgIpc) is 3.11. The molecule has 0 bridgehead atoms. The third-order valence-electron chi connectivity index (χ3n) is 5.48. The van der Waals surface area contributed by atoms with Crippen LogP contribution in [0.3, 0.4) is 0 Å². The fourth-order valence-corrected chi connectivity index (χ4v) is 3.92. The van der Waals surface area contributed by atoms with E-state index in [-0.39, 0.29) is 0 Å². The molecule has 0 spiro atoms. The van der Waals surface area contributed by atoms with Crippen molar-refractivity contribution in [1.82, 2.24) is 14.9 Å². The van der Waals surface area contributed by atoms with Gasteiger partial charge in [-0.1, -0.05) is 11.6 Å². The van der Waals surface area contributed by atoms with Gasteiger partial charge >= 0.3 is 12.1 Å². The molecule has 3 heterocycles. The highest BCUT2D eigenvalue weighted by Crippen LogP contribution is 2.32. The minimum absolute atomic E-state index is 0.456. The molecule has 30 heavy (non-hydrogen) atoms. The topological polar surface area (TPSA) is 72.5 Å². The maximum Gasteiger partial charge on any atom is 0.417 e. The molecule has 1 aliphatic heterocycles. The number of halogens is 3. The number of alkyl halides is 3. The molecule has 1 fully saturated rings. The number of anilines is 1. The second-order valence-corrected chi connectivity index (χ2v) is 7.46. The highest BCUT2D eigenvalue weighted by atomic mass is 19.4. The zero-order valence-corrected chi connectivity index (χ0v) is 16.3. The zero-order valence-electron chi connectivity index (χ0n) is 16.3. The molecule has 6 nitrogen and oxygen atoms in total. The molecule has 1 aliphatic rings. The van der Waals surface area contributed by atoms with Gasteiger partial charge in [0.15, 0.2) is 0 Å². The Balaban J connectivity index is 1.51. The van der Waals surface area contributed by atoms with E-state index in [1.807, 2.05) is 34.9 Å². The van der Waals surface area contributed by atoms with Crippen molar-refractivity contribution in [2.45, 2.75) is 19.1 Å². The van der Waals surface area contributed by atoms with Gasteiger partial charge in [-0.15, -0.1) is 0 Å². The number of carboxylic acid groups (broad SMARTS) is 1. The van der Waals surface area contributed by atoms with E-state index >= 15 is 0 Å². The Labute approximate surface area is 170 Å². The largest absolute Gasteiger partial charge is 0.480 e. The Morgan fingerprint density at radius 1 is 1.17 bits per heavy atom. The third-order valence-corrected chi connectivity index (χ3v) is 5.48. The number of benzene rings is 1. The first-order chi connectivity index (χ1) is 14.2. The van der Waals surface area contributed by atoms with Crippen LogP contribution in [0.15, 0.2) is 42.7 Å². The molecule has 0 aliphatic carbocycles. The normalized spacial score (nSPS) is 16.7. The number of hydrogen-bond acceptors (Lipinski definition) is 4. The summed E-state index contributed by atoms with van der Waals surface area (Å²) in [5.41, 5.74) is 1.85. The molecule has 1 atom stereocenters. The molecular formula is C21H21F3N4O2. The van der Waals surface area contributed by atoms with E-state index in [1.54, 1.807) is 6.20 Å². The maximum absolute atomic E-state index is 12.7. The fraction of sp³-hybridized carbons (Fsp3) is 0.333. The number of rotatable bonds is 4. The van der Waals surface area contributed by atoms with Crippen molar-refractivity contribution in [3.05, 3.63) is 59.4 Å². The number of aromatic nitrogens is 2. The summed E-state index contributed by atoms with van der Waals surface area (Å²) < 4.78 is 38.2. The van der Waals surface area contributed by atoms with E-state index in [9.17, 15) is 23.1 Å². The Kier molecular flexibility index (Phi) is 5.15. The van der Waals surface area contributed by atoms with Gasteiger partial charge in [0, 0.05) is 55.0 Å². The summed E-state index contributed by atoms with van der Waals surface area (Å²) in [6, 6.07) is 7.44. The van der Waals surface area contributed by atoms with Gasteiger partial charge in [0.2, 0.25) is 0 Å². The third kappa shape index (κ3) is 3.85. The van der Waals surface area contributed by atoms with E-state index in [2.05, 4.69) is 9.97 Å². The van der Waals surface area contributed by atoms with Gasteiger partial charge in [-0.05, 0) is 31.2 Å². The second-order valence-electron chi connectivity index (χ2n) is 7.46. The lowest BCUT2D eigenvalue weighted by atomic mass is 10.0. The monoisotopic (exact) mass is 418 g/mol. The number of pyridine rings is 1. The molecule has 158 valence electrons. The van der Waals surface area contributed by atoms with Gasteiger partial charge in [-0.25, -0.2) is 4.98 Å². The number of aliphatic carboxylic acids is 1. The molecule has 1 aromatic carbocycles. The molecule has 1 saturated heterocycles. The molecule has 4 rings (SSSR count). The maximum atomic E-state index is 12.7. The van der Waals surface area contributed by atoms with Gasteiger partial charge in [0.1, 0.15) is 11.9 Å². The number of nitrogens with zero attached hydrogens (tertiary/aromatic N) is 3. The van der Waals surface area contributed by atoms with Crippen molar-refractivity contribution < 1.29 is 23.1 Å². The number of fused-ring (bicyclic) bond motifs is 1. The van der Waals surface area contributed by atoms with Crippen molar-refractivity contribution in [2.75, 3.05) is 31.1 Å². The van der Waals surface area contributed by atoms with Gasteiger partial charge in [-0.2, -0.15) is 13.2 Å². The molecular weight excluding hydrogens is 397 g/mol. The van der Waals surface area contributed by atoms with Crippen molar-refractivity contribution in [3.8, 4) is 0 Å². The SMILES string of the molecule is Cc1ccc2[nH]cc([C@@H](C(=O)O)N3CCN(c4ccc(C(F)(F)F)cn4)CC3)c2c1. The summed E-state index contributed by atoms with van der Waals surface area (Å²) in [5.74, 6) is -0.476.